The molecule has 0 aromatic carbocycles. The fourth-order valence-corrected chi connectivity index (χ4v) is 6.35. The lowest BCUT2D eigenvalue weighted by atomic mass is 9.40. The summed E-state index contributed by atoms with van der Waals surface area (Å²) in [5, 5.41) is 0. The third-order valence-corrected chi connectivity index (χ3v) is 5.80. The molecule has 2 unspecified atom stereocenters. The van der Waals surface area contributed by atoms with Crippen molar-refractivity contribution in [1.29, 1.82) is 0 Å². The maximum Gasteiger partial charge on any atom is 0.250 e. The Bertz CT molecular complexity index is 572. The van der Waals surface area contributed by atoms with Crippen LogP contribution in [0.3, 0.4) is 0 Å². The Hall–Kier alpha value is -1.12. The number of aromatic nitrogens is 2. The van der Waals surface area contributed by atoms with E-state index in [1.54, 1.807) is 6.20 Å². The molecule has 0 saturated heterocycles. The molecule has 0 aliphatic heterocycles. The summed E-state index contributed by atoms with van der Waals surface area (Å²) in [4.78, 5) is 19.2. The minimum atomic E-state index is -0.00366. The standard InChI is InChI=1S/C16H22N2O/c1-14-5-11-6-15(2,8-14)10-16(7-11,9-14)13-17-4-3-12(19)18-13/h3-4,11H,5-10H2,1-2H3,(H,17,18,19). The number of rotatable bonds is 1. The van der Waals surface area contributed by atoms with E-state index in [-0.39, 0.29) is 11.0 Å². The van der Waals surface area contributed by atoms with E-state index in [9.17, 15) is 4.79 Å². The lowest BCUT2D eigenvalue weighted by Crippen LogP contribution is -2.57. The molecule has 0 amide bonds. The van der Waals surface area contributed by atoms with Crippen LogP contribution in [-0.4, -0.2) is 9.97 Å². The van der Waals surface area contributed by atoms with E-state index in [4.69, 9.17) is 0 Å². The molecule has 2 atom stereocenters. The van der Waals surface area contributed by atoms with E-state index in [0.29, 0.717) is 10.8 Å². The zero-order chi connectivity index (χ0) is 13.3. The van der Waals surface area contributed by atoms with Crippen molar-refractivity contribution in [2.45, 2.75) is 57.8 Å². The molecule has 0 radical (unpaired) electrons. The molecule has 4 saturated carbocycles. The first-order valence-electron chi connectivity index (χ1n) is 7.46. The lowest BCUT2D eigenvalue weighted by molar-refractivity contribution is -0.112. The first-order valence-corrected chi connectivity index (χ1v) is 7.46. The van der Waals surface area contributed by atoms with Crippen molar-refractivity contribution < 1.29 is 0 Å². The SMILES string of the molecule is CC12CC3CC(C)(C1)CC(c1nccc(=O)[nH]1)(C3)C2. The number of hydrogen-bond acceptors (Lipinski definition) is 2. The van der Waals surface area contributed by atoms with Crippen LogP contribution in [-0.2, 0) is 5.41 Å². The Labute approximate surface area is 113 Å². The summed E-state index contributed by atoms with van der Waals surface area (Å²) in [6.45, 7) is 4.90. The molecule has 102 valence electrons. The van der Waals surface area contributed by atoms with Gasteiger partial charge in [-0.05, 0) is 55.3 Å². The van der Waals surface area contributed by atoms with Crippen molar-refractivity contribution in [3.8, 4) is 0 Å². The van der Waals surface area contributed by atoms with Gasteiger partial charge >= 0.3 is 0 Å². The molecule has 5 rings (SSSR count). The molecule has 4 bridgehead atoms. The molecule has 4 aliphatic rings. The molecule has 1 aromatic rings. The summed E-state index contributed by atoms with van der Waals surface area (Å²) in [7, 11) is 0. The van der Waals surface area contributed by atoms with Crippen LogP contribution in [0.5, 0.6) is 0 Å². The summed E-state index contributed by atoms with van der Waals surface area (Å²) in [6.07, 6.45) is 9.43. The van der Waals surface area contributed by atoms with Crippen molar-refractivity contribution in [2.24, 2.45) is 16.7 Å². The topological polar surface area (TPSA) is 45.8 Å². The molecule has 19 heavy (non-hydrogen) atoms. The minimum absolute atomic E-state index is 0.00366. The molecule has 4 aliphatic carbocycles. The molecule has 3 heteroatoms. The lowest BCUT2D eigenvalue weighted by Gasteiger charge is -2.64. The molecular weight excluding hydrogens is 236 g/mol. The van der Waals surface area contributed by atoms with Crippen molar-refractivity contribution in [1.82, 2.24) is 9.97 Å². The summed E-state index contributed by atoms with van der Waals surface area (Å²) < 4.78 is 0. The zero-order valence-electron chi connectivity index (χ0n) is 11.8. The highest BCUT2D eigenvalue weighted by Crippen LogP contribution is 2.69. The fraction of sp³-hybridized carbons (Fsp3) is 0.750. The van der Waals surface area contributed by atoms with Crippen LogP contribution >= 0.6 is 0 Å². The van der Waals surface area contributed by atoms with E-state index < -0.39 is 0 Å². The van der Waals surface area contributed by atoms with Crippen molar-refractivity contribution in [3.05, 3.63) is 28.4 Å². The van der Waals surface area contributed by atoms with Crippen LogP contribution in [0.25, 0.3) is 0 Å². The van der Waals surface area contributed by atoms with Crippen molar-refractivity contribution in [2.75, 3.05) is 0 Å². The van der Waals surface area contributed by atoms with Gasteiger partial charge in [0.05, 0.1) is 0 Å². The van der Waals surface area contributed by atoms with E-state index in [1.807, 2.05) is 0 Å². The average molecular weight is 258 g/mol. The Morgan fingerprint density at radius 3 is 2.42 bits per heavy atom. The Kier molecular flexibility index (Phi) is 2.03. The Morgan fingerprint density at radius 1 is 1.16 bits per heavy atom. The normalized spacial score (nSPS) is 47.6. The largest absolute Gasteiger partial charge is 0.310 e. The van der Waals surface area contributed by atoms with Gasteiger partial charge in [0.1, 0.15) is 5.82 Å². The summed E-state index contributed by atoms with van der Waals surface area (Å²) in [5.41, 5.74) is 1.06. The summed E-state index contributed by atoms with van der Waals surface area (Å²) in [6, 6.07) is 1.52. The number of nitrogens with one attached hydrogen (secondary N) is 1. The van der Waals surface area contributed by atoms with Crippen LogP contribution in [0.15, 0.2) is 17.1 Å². The van der Waals surface area contributed by atoms with Gasteiger partial charge in [0.25, 0.3) is 5.56 Å². The van der Waals surface area contributed by atoms with Gasteiger partial charge in [-0.15, -0.1) is 0 Å². The van der Waals surface area contributed by atoms with Gasteiger partial charge in [-0.25, -0.2) is 4.98 Å². The van der Waals surface area contributed by atoms with Crippen LogP contribution in [0.4, 0.5) is 0 Å². The monoisotopic (exact) mass is 258 g/mol. The highest BCUT2D eigenvalue weighted by molar-refractivity contribution is 5.21. The maximum atomic E-state index is 11.6. The highest BCUT2D eigenvalue weighted by atomic mass is 16.1. The zero-order valence-corrected chi connectivity index (χ0v) is 11.8. The molecule has 4 fully saturated rings. The van der Waals surface area contributed by atoms with Gasteiger partial charge in [0.2, 0.25) is 0 Å². The minimum Gasteiger partial charge on any atom is -0.310 e. The van der Waals surface area contributed by atoms with E-state index in [0.717, 1.165) is 11.7 Å². The molecule has 3 nitrogen and oxygen atoms in total. The van der Waals surface area contributed by atoms with Crippen molar-refractivity contribution in [3.63, 3.8) is 0 Å². The average Bonchev–Trinajstić information content (AvgIpc) is 2.23. The second kappa shape index (κ2) is 3.31. The number of H-pyrrole nitrogens is 1. The van der Waals surface area contributed by atoms with E-state index in [1.165, 1.54) is 44.6 Å². The van der Waals surface area contributed by atoms with Gasteiger partial charge in [-0.3, -0.25) is 4.79 Å². The Morgan fingerprint density at radius 2 is 1.84 bits per heavy atom. The molecular formula is C16H22N2O. The molecule has 1 N–H and O–H groups in total. The van der Waals surface area contributed by atoms with Crippen LogP contribution in [0.2, 0.25) is 0 Å². The van der Waals surface area contributed by atoms with Gasteiger partial charge < -0.3 is 4.98 Å². The predicted octanol–water partition coefficient (Wildman–Crippen LogP) is 3.02. The van der Waals surface area contributed by atoms with Gasteiger partial charge in [0, 0.05) is 17.7 Å². The van der Waals surface area contributed by atoms with Crippen LogP contribution in [0.1, 0.15) is 58.2 Å². The third-order valence-electron chi connectivity index (χ3n) is 5.80. The highest BCUT2D eigenvalue weighted by Gasteiger charge is 2.61. The van der Waals surface area contributed by atoms with E-state index >= 15 is 0 Å². The summed E-state index contributed by atoms with van der Waals surface area (Å²) >= 11 is 0. The molecule has 1 heterocycles. The number of nitrogens with zero attached hydrogens (tertiary/aromatic N) is 1. The quantitative estimate of drug-likeness (QED) is 0.841. The first-order chi connectivity index (χ1) is 8.91. The Balaban J connectivity index is 1.85. The number of hydrogen-bond donors (Lipinski definition) is 1. The van der Waals surface area contributed by atoms with Crippen LogP contribution in [0, 0.1) is 16.7 Å². The second-order valence-corrected chi connectivity index (χ2v) is 8.19. The van der Waals surface area contributed by atoms with Gasteiger partial charge in [0.15, 0.2) is 0 Å². The van der Waals surface area contributed by atoms with Gasteiger partial charge in [-0.1, -0.05) is 13.8 Å². The summed E-state index contributed by atoms with van der Waals surface area (Å²) in [5.74, 6) is 1.79. The smallest absolute Gasteiger partial charge is 0.250 e. The molecule has 1 aromatic heterocycles. The molecule has 0 spiro atoms. The van der Waals surface area contributed by atoms with Gasteiger partial charge in [-0.2, -0.15) is 0 Å². The van der Waals surface area contributed by atoms with Crippen LogP contribution < -0.4 is 5.56 Å². The van der Waals surface area contributed by atoms with Crippen molar-refractivity contribution >= 4 is 0 Å². The fourth-order valence-electron chi connectivity index (χ4n) is 6.35. The number of aromatic amines is 1. The van der Waals surface area contributed by atoms with E-state index in [2.05, 4.69) is 23.8 Å². The maximum absolute atomic E-state index is 11.6. The predicted molar refractivity (Wildman–Crippen MR) is 73.9 cm³/mol. The third kappa shape index (κ3) is 1.63. The second-order valence-electron chi connectivity index (χ2n) is 8.19. The first kappa shape index (κ1) is 11.7.